The lowest BCUT2D eigenvalue weighted by Gasteiger charge is -2.17. The number of rotatable bonds is 10. The second kappa shape index (κ2) is 12.7. The number of hydrogen-bond acceptors (Lipinski definition) is 5. The van der Waals surface area contributed by atoms with Crippen molar-refractivity contribution >= 4 is 29.3 Å². The summed E-state index contributed by atoms with van der Waals surface area (Å²) in [5.74, 6) is 0.122. The number of hydrogen-bond donors (Lipinski definition) is 2. The Bertz CT molecular complexity index is 978. The zero-order valence-corrected chi connectivity index (χ0v) is 20.0. The summed E-state index contributed by atoms with van der Waals surface area (Å²) in [6.07, 6.45) is 13.2. The Labute approximate surface area is 202 Å². The number of ketones is 1. The molecule has 3 rings (SSSR count). The minimum absolute atomic E-state index is 0.122. The van der Waals surface area contributed by atoms with Crippen LogP contribution < -0.4 is 9.80 Å². The van der Waals surface area contributed by atoms with E-state index in [4.69, 9.17) is 10.2 Å². The number of aliphatic hydroxyl groups excluding tert-OH is 2. The van der Waals surface area contributed by atoms with Gasteiger partial charge in [-0.1, -0.05) is 60.7 Å². The third-order valence-corrected chi connectivity index (χ3v) is 5.96. The second-order valence-electron chi connectivity index (χ2n) is 8.40. The van der Waals surface area contributed by atoms with E-state index in [1.165, 1.54) is 0 Å². The van der Waals surface area contributed by atoms with Crippen molar-refractivity contribution in [2.75, 3.05) is 50.2 Å². The van der Waals surface area contributed by atoms with Gasteiger partial charge in [0.15, 0.2) is 5.78 Å². The average molecular weight is 459 g/mol. The molecule has 5 nitrogen and oxygen atoms in total. The summed E-state index contributed by atoms with van der Waals surface area (Å²) in [6.45, 7) is 1.46. The average Bonchev–Trinajstić information content (AvgIpc) is 3.19. The van der Waals surface area contributed by atoms with E-state index in [1.807, 2.05) is 109 Å². The van der Waals surface area contributed by atoms with Gasteiger partial charge in [0.25, 0.3) is 0 Å². The monoisotopic (exact) mass is 458 g/mol. The van der Waals surface area contributed by atoms with Crippen LogP contribution in [0.3, 0.4) is 0 Å². The van der Waals surface area contributed by atoms with E-state index in [0.717, 1.165) is 46.5 Å². The summed E-state index contributed by atoms with van der Waals surface area (Å²) in [5.41, 5.74) is 5.93. The summed E-state index contributed by atoms with van der Waals surface area (Å²) in [6, 6.07) is 16.2. The topological polar surface area (TPSA) is 64.0 Å². The first-order chi connectivity index (χ1) is 16.5. The number of allylic oxidation sites excluding steroid dienone is 6. The largest absolute Gasteiger partial charge is 0.395 e. The SMILES string of the molecule is CN(CCO)c1ccc(C=CC=C2CCC(=CC=Cc3ccc(N(C)CCO)cc3)C2=O)cc1. The number of carbonyl (C=O) groups is 1. The highest BCUT2D eigenvalue weighted by molar-refractivity contribution is 6.11. The van der Waals surface area contributed by atoms with E-state index >= 15 is 0 Å². The van der Waals surface area contributed by atoms with Crippen LogP contribution in [0.1, 0.15) is 24.0 Å². The van der Waals surface area contributed by atoms with Gasteiger partial charge < -0.3 is 20.0 Å². The minimum Gasteiger partial charge on any atom is -0.395 e. The molecule has 34 heavy (non-hydrogen) atoms. The molecule has 5 heteroatoms. The molecule has 0 spiro atoms. The molecule has 0 saturated heterocycles. The van der Waals surface area contributed by atoms with Crippen molar-refractivity contribution in [2.45, 2.75) is 12.8 Å². The zero-order chi connectivity index (χ0) is 24.3. The maximum Gasteiger partial charge on any atom is 0.185 e. The van der Waals surface area contributed by atoms with Crippen LogP contribution >= 0.6 is 0 Å². The molecule has 0 heterocycles. The Morgan fingerprint density at radius 3 is 1.44 bits per heavy atom. The van der Waals surface area contributed by atoms with Gasteiger partial charge in [0, 0.05) is 49.7 Å². The fourth-order valence-corrected chi connectivity index (χ4v) is 3.81. The van der Waals surface area contributed by atoms with Crippen LogP contribution in [0.25, 0.3) is 12.2 Å². The molecular formula is C29H34N2O3. The summed E-state index contributed by atoms with van der Waals surface area (Å²) >= 11 is 0. The highest BCUT2D eigenvalue weighted by Gasteiger charge is 2.21. The standard InChI is InChI=1S/C29H34N2O3/c1-30(19-21-32)27-15-9-23(10-16-27)5-3-7-25-13-14-26(29(25)34)8-4-6-24-11-17-28(18-12-24)31(2)20-22-33/h3-12,15-18,32-33H,13-14,19-22H2,1-2H3. The Morgan fingerprint density at radius 1 is 0.706 bits per heavy atom. The Balaban J connectivity index is 1.56. The highest BCUT2D eigenvalue weighted by Crippen LogP contribution is 2.26. The first-order valence-corrected chi connectivity index (χ1v) is 11.6. The maximum atomic E-state index is 12.7. The fraction of sp³-hybridized carbons (Fsp3) is 0.276. The van der Waals surface area contributed by atoms with Crippen molar-refractivity contribution < 1.29 is 15.0 Å². The molecule has 178 valence electrons. The van der Waals surface area contributed by atoms with E-state index in [9.17, 15) is 4.79 Å². The zero-order valence-electron chi connectivity index (χ0n) is 20.0. The molecule has 2 aromatic rings. The highest BCUT2D eigenvalue weighted by atomic mass is 16.3. The van der Waals surface area contributed by atoms with E-state index in [0.29, 0.717) is 13.1 Å². The van der Waals surface area contributed by atoms with Crippen LogP contribution in [-0.2, 0) is 4.79 Å². The first-order valence-electron chi connectivity index (χ1n) is 11.6. The van der Waals surface area contributed by atoms with Gasteiger partial charge in [0.05, 0.1) is 13.2 Å². The first kappa shape index (κ1) is 25.2. The third kappa shape index (κ3) is 7.04. The molecule has 0 unspecified atom stereocenters. The van der Waals surface area contributed by atoms with Crippen LogP contribution in [0, 0.1) is 0 Å². The molecule has 2 N–H and O–H groups in total. The molecule has 2 aromatic carbocycles. The predicted octanol–water partition coefficient (Wildman–Crippen LogP) is 4.49. The van der Waals surface area contributed by atoms with Crippen molar-refractivity contribution in [1.29, 1.82) is 0 Å². The molecule has 0 radical (unpaired) electrons. The lowest BCUT2D eigenvalue weighted by atomic mass is 10.1. The van der Waals surface area contributed by atoms with Crippen LogP contribution in [0.2, 0.25) is 0 Å². The number of nitrogens with zero attached hydrogens (tertiary/aromatic N) is 2. The van der Waals surface area contributed by atoms with Crippen LogP contribution in [0.4, 0.5) is 11.4 Å². The second-order valence-corrected chi connectivity index (χ2v) is 8.40. The molecule has 0 aliphatic heterocycles. The minimum atomic E-state index is 0.122. The van der Waals surface area contributed by atoms with Gasteiger partial charge in [0.2, 0.25) is 0 Å². The van der Waals surface area contributed by atoms with E-state index in [1.54, 1.807) is 0 Å². The van der Waals surface area contributed by atoms with E-state index in [-0.39, 0.29) is 19.0 Å². The van der Waals surface area contributed by atoms with Gasteiger partial charge in [-0.25, -0.2) is 0 Å². The molecule has 0 aromatic heterocycles. The molecule has 0 atom stereocenters. The van der Waals surface area contributed by atoms with Gasteiger partial charge in [0.1, 0.15) is 0 Å². The number of carbonyl (C=O) groups excluding carboxylic acids is 1. The van der Waals surface area contributed by atoms with Crippen molar-refractivity contribution in [2.24, 2.45) is 0 Å². The predicted molar refractivity (Wildman–Crippen MR) is 142 cm³/mol. The van der Waals surface area contributed by atoms with Gasteiger partial charge >= 0.3 is 0 Å². The molecule has 1 aliphatic carbocycles. The van der Waals surface area contributed by atoms with Crippen LogP contribution in [0.5, 0.6) is 0 Å². The summed E-state index contributed by atoms with van der Waals surface area (Å²) in [4.78, 5) is 16.7. The molecule has 0 bridgehead atoms. The molecular weight excluding hydrogens is 424 g/mol. The normalized spacial score (nSPS) is 16.4. The van der Waals surface area contributed by atoms with Gasteiger partial charge in [-0.05, 0) is 48.2 Å². The maximum absolute atomic E-state index is 12.7. The number of aliphatic hydroxyl groups is 2. The quantitative estimate of drug-likeness (QED) is 0.514. The molecule has 1 fully saturated rings. The number of Topliss-reactive ketones (excluding diaryl/α,β-unsaturated/α-hetero) is 1. The van der Waals surface area contributed by atoms with Crippen LogP contribution in [0.15, 0.2) is 84.0 Å². The van der Waals surface area contributed by atoms with Crippen LogP contribution in [-0.4, -0.2) is 56.4 Å². The Kier molecular flexibility index (Phi) is 9.44. The summed E-state index contributed by atoms with van der Waals surface area (Å²) in [5, 5.41) is 18.1. The molecule has 1 saturated carbocycles. The Morgan fingerprint density at radius 2 is 1.09 bits per heavy atom. The molecule has 1 aliphatic rings. The third-order valence-electron chi connectivity index (χ3n) is 5.96. The van der Waals surface area contributed by atoms with Crippen molar-refractivity contribution in [1.82, 2.24) is 0 Å². The Hall–Kier alpha value is -3.41. The van der Waals surface area contributed by atoms with Crippen molar-refractivity contribution in [3.63, 3.8) is 0 Å². The number of likely N-dealkylation sites (N-methyl/N-ethyl adjacent to an activating group) is 2. The van der Waals surface area contributed by atoms with E-state index < -0.39 is 0 Å². The van der Waals surface area contributed by atoms with Gasteiger partial charge in [-0.15, -0.1) is 0 Å². The summed E-state index contributed by atoms with van der Waals surface area (Å²) < 4.78 is 0. The fourth-order valence-electron chi connectivity index (χ4n) is 3.81. The lowest BCUT2D eigenvalue weighted by Crippen LogP contribution is -2.20. The number of benzene rings is 2. The van der Waals surface area contributed by atoms with Crippen molar-refractivity contribution in [3.05, 3.63) is 95.1 Å². The van der Waals surface area contributed by atoms with Gasteiger partial charge in [-0.2, -0.15) is 0 Å². The molecule has 0 amide bonds. The smallest absolute Gasteiger partial charge is 0.185 e. The van der Waals surface area contributed by atoms with Gasteiger partial charge in [-0.3, -0.25) is 4.79 Å². The lowest BCUT2D eigenvalue weighted by molar-refractivity contribution is -0.111. The summed E-state index contributed by atoms with van der Waals surface area (Å²) in [7, 11) is 3.90. The number of anilines is 2. The van der Waals surface area contributed by atoms with E-state index in [2.05, 4.69) is 0 Å². The van der Waals surface area contributed by atoms with Crippen molar-refractivity contribution in [3.8, 4) is 0 Å².